The van der Waals surface area contributed by atoms with Gasteiger partial charge >= 0.3 is 0 Å². The van der Waals surface area contributed by atoms with Gasteiger partial charge in [-0.05, 0) is 29.8 Å². The number of aromatic nitrogens is 3. The summed E-state index contributed by atoms with van der Waals surface area (Å²) in [6, 6.07) is 12.8. The highest BCUT2D eigenvalue weighted by atomic mass is 35.5. The Kier molecular flexibility index (Phi) is 5.37. The second-order valence-corrected chi connectivity index (χ2v) is 7.44. The molecule has 0 fully saturated rings. The molecule has 0 aliphatic carbocycles. The van der Waals surface area contributed by atoms with Crippen molar-refractivity contribution in [1.82, 2.24) is 14.6 Å². The highest BCUT2D eigenvalue weighted by Gasteiger charge is 2.14. The molecule has 9 heteroatoms. The summed E-state index contributed by atoms with van der Waals surface area (Å²) in [4.78, 5) is 17.5. The lowest BCUT2D eigenvalue weighted by Crippen LogP contribution is -2.15. The van der Waals surface area contributed by atoms with Crippen LogP contribution in [-0.4, -0.2) is 34.7 Å². The molecular weight excluding hydrogens is 412 g/mol. The van der Waals surface area contributed by atoms with Gasteiger partial charge in [0.25, 0.3) is 0 Å². The standard InChI is InChI=1S/C20H17ClN4O3S/c1-27-16-8-3-12(9-17(16)28-2)10-18(26)22-19-23-20-25(24-19)15(11-29-20)13-4-6-14(21)7-5-13/h3-9,11H,10H2,1-2H3,(H,22,24,26). The second-order valence-electron chi connectivity index (χ2n) is 6.17. The first-order chi connectivity index (χ1) is 14.1. The molecular formula is C20H17ClN4O3S. The Morgan fingerprint density at radius 3 is 2.62 bits per heavy atom. The number of nitrogens with zero attached hydrogens (tertiary/aromatic N) is 3. The highest BCUT2D eigenvalue weighted by molar-refractivity contribution is 7.15. The van der Waals surface area contributed by atoms with E-state index >= 15 is 0 Å². The van der Waals surface area contributed by atoms with Crippen molar-refractivity contribution in [2.75, 3.05) is 19.5 Å². The summed E-state index contributed by atoms with van der Waals surface area (Å²) >= 11 is 7.41. The molecule has 0 bridgehead atoms. The maximum Gasteiger partial charge on any atom is 0.250 e. The van der Waals surface area contributed by atoms with E-state index in [-0.39, 0.29) is 18.3 Å². The van der Waals surface area contributed by atoms with E-state index in [9.17, 15) is 4.79 Å². The van der Waals surface area contributed by atoms with E-state index in [1.807, 2.05) is 35.7 Å². The van der Waals surface area contributed by atoms with E-state index in [0.717, 1.165) is 16.8 Å². The Hall–Kier alpha value is -3.10. The number of fused-ring (bicyclic) bond motifs is 1. The molecule has 2 aromatic heterocycles. The van der Waals surface area contributed by atoms with Crippen LogP contribution in [0.2, 0.25) is 5.02 Å². The lowest BCUT2D eigenvalue weighted by molar-refractivity contribution is -0.115. The topological polar surface area (TPSA) is 77.8 Å². The molecule has 1 N–H and O–H groups in total. The predicted molar refractivity (Wildman–Crippen MR) is 113 cm³/mol. The first-order valence-corrected chi connectivity index (χ1v) is 9.94. The summed E-state index contributed by atoms with van der Waals surface area (Å²) < 4.78 is 12.2. The van der Waals surface area contributed by atoms with E-state index in [2.05, 4.69) is 15.4 Å². The molecule has 7 nitrogen and oxygen atoms in total. The molecule has 0 saturated carbocycles. The van der Waals surface area contributed by atoms with Gasteiger partial charge in [0.05, 0.1) is 26.3 Å². The smallest absolute Gasteiger partial charge is 0.250 e. The van der Waals surface area contributed by atoms with Crippen LogP contribution in [0, 0.1) is 0 Å². The molecule has 0 aliphatic heterocycles. The molecule has 2 aromatic carbocycles. The molecule has 0 unspecified atom stereocenters. The average molecular weight is 429 g/mol. The summed E-state index contributed by atoms with van der Waals surface area (Å²) in [5.41, 5.74) is 2.64. The normalized spacial score (nSPS) is 10.9. The van der Waals surface area contributed by atoms with Crippen LogP contribution >= 0.6 is 22.9 Å². The predicted octanol–water partition coefficient (Wildman–Crippen LogP) is 4.31. The van der Waals surface area contributed by atoms with Crippen LogP contribution in [0.15, 0.2) is 47.8 Å². The van der Waals surface area contributed by atoms with E-state index < -0.39 is 0 Å². The number of rotatable bonds is 6. The molecule has 0 atom stereocenters. The summed E-state index contributed by atoms with van der Waals surface area (Å²) in [5, 5.41) is 9.81. The van der Waals surface area contributed by atoms with Gasteiger partial charge in [-0.1, -0.05) is 29.8 Å². The number of carbonyl (C=O) groups excluding carboxylic acids is 1. The lowest BCUT2D eigenvalue weighted by atomic mass is 10.1. The third kappa shape index (κ3) is 4.03. The van der Waals surface area contributed by atoms with Gasteiger partial charge in [0.1, 0.15) is 0 Å². The van der Waals surface area contributed by atoms with E-state index in [0.29, 0.717) is 21.5 Å². The Balaban J connectivity index is 1.51. The van der Waals surface area contributed by atoms with Crippen molar-refractivity contribution in [2.24, 2.45) is 0 Å². The van der Waals surface area contributed by atoms with Crippen LogP contribution < -0.4 is 14.8 Å². The first kappa shape index (κ1) is 19.2. The van der Waals surface area contributed by atoms with Crippen molar-refractivity contribution in [2.45, 2.75) is 6.42 Å². The van der Waals surface area contributed by atoms with Crippen molar-refractivity contribution in [3.8, 4) is 22.8 Å². The zero-order valence-corrected chi connectivity index (χ0v) is 17.3. The molecule has 4 rings (SSSR count). The number of nitrogens with one attached hydrogen (secondary N) is 1. The van der Waals surface area contributed by atoms with Crippen LogP contribution in [0.4, 0.5) is 5.95 Å². The number of thiazole rings is 1. The van der Waals surface area contributed by atoms with Crippen molar-refractivity contribution in [3.63, 3.8) is 0 Å². The first-order valence-electron chi connectivity index (χ1n) is 8.68. The fourth-order valence-electron chi connectivity index (χ4n) is 2.90. The van der Waals surface area contributed by atoms with Crippen molar-refractivity contribution < 1.29 is 14.3 Å². The molecule has 148 valence electrons. The average Bonchev–Trinajstić information content (AvgIpc) is 3.28. The third-order valence-corrected chi connectivity index (χ3v) is 5.35. The van der Waals surface area contributed by atoms with E-state index in [1.165, 1.54) is 11.3 Å². The Labute approximate surface area is 175 Å². The molecule has 0 radical (unpaired) electrons. The Morgan fingerprint density at radius 1 is 1.14 bits per heavy atom. The fourth-order valence-corrected chi connectivity index (χ4v) is 3.86. The largest absolute Gasteiger partial charge is 0.493 e. The number of carbonyl (C=O) groups is 1. The Morgan fingerprint density at radius 2 is 1.90 bits per heavy atom. The number of benzene rings is 2. The molecule has 0 saturated heterocycles. The minimum atomic E-state index is -0.219. The molecule has 1 amide bonds. The zero-order valence-electron chi connectivity index (χ0n) is 15.7. The number of halogens is 1. The van der Waals surface area contributed by atoms with Gasteiger partial charge in [0.2, 0.25) is 16.8 Å². The molecule has 4 aromatic rings. The summed E-state index contributed by atoms with van der Waals surface area (Å²) in [7, 11) is 3.13. The monoisotopic (exact) mass is 428 g/mol. The fraction of sp³-hybridized carbons (Fsp3) is 0.150. The van der Waals surface area contributed by atoms with Gasteiger partial charge in [0, 0.05) is 16.0 Å². The number of ether oxygens (including phenoxy) is 2. The summed E-state index contributed by atoms with van der Waals surface area (Å²) in [5.74, 6) is 1.23. The van der Waals surface area contributed by atoms with Gasteiger partial charge in [0.15, 0.2) is 11.5 Å². The molecule has 2 heterocycles. The lowest BCUT2D eigenvalue weighted by Gasteiger charge is -2.09. The van der Waals surface area contributed by atoms with Gasteiger partial charge in [-0.25, -0.2) is 4.52 Å². The van der Waals surface area contributed by atoms with Crippen LogP contribution in [0.25, 0.3) is 16.2 Å². The third-order valence-electron chi connectivity index (χ3n) is 4.29. The Bertz CT molecular complexity index is 1170. The van der Waals surface area contributed by atoms with Crippen molar-refractivity contribution in [1.29, 1.82) is 0 Å². The molecule has 0 aliphatic rings. The minimum Gasteiger partial charge on any atom is -0.493 e. The van der Waals surface area contributed by atoms with Gasteiger partial charge in [-0.2, -0.15) is 4.98 Å². The van der Waals surface area contributed by atoms with Gasteiger partial charge in [-0.15, -0.1) is 16.4 Å². The molecule has 29 heavy (non-hydrogen) atoms. The van der Waals surface area contributed by atoms with Crippen LogP contribution in [0.3, 0.4) is 0 Å². The van der Waals surface area contributed by atoms with Crippen LogP contribution in [-0.2, 0) is 11.2 Å². The number of amides is 1. The summed E-state index contributed by atoms with van der Waals surface area (Å²) in [6.45, 7) is 0. The SMILES string of the molecule is COc1ccc(CC(=O)Nc2nc3scc(-c4ccc(Cl)cc4)n3n2)cc1OC. The number of anilines is 1. The highest BCUT2D eigenvalue weighted by Crippen LogP contribution is 2.28. The maximum atomic E-state index is 12.4. The van der Waals surface area contributed by atoms with Crippen LogP contribution in [0.1, 0.15) is 5.56 Å². The van der Waals surface area contributed by atoms with E-state index in [1.54, 1.807) is 30.9 Å². The second kappa shape index (κ2) is 8.10. The van der Waals surface area contributed by atoms with Gasteiger partial charge in [-0.3, -0.25) is 10.1 Å². The maximum absolute atomic E-state index is 12.4. The van der Waals surface area contributed by atoms with Crippen molar-refractivity contribution >= 4 is 39.8 Å². The van der Waals surface area contributed by atoms with Crippen molar-refractivity contribution in [3.05, 3.63) is 58.4 Å². The van der Waals surface area contributed by atoms with Crippen LogP contribution in [0.5, 0.6) is 11.5 Å². The summed E-state index contributed by atoms with van der Waals surface area (Å²) in [6.07, 6.45) is 0.164. The number of methoxy groups -OCH3 is 2. The number of hydrogen-bond donors (Lipinski definition) is 1. The van der Waals surface area contributed by atoms with E-state index in [4.69, 9.17) is 21.1 Å². The van der Waals surface area contributed by atoms with Gasteiger partial charge < -0.3 is 9.47 Å². The zero-order chi connectivity index (χ0) is 20.4. The quantitative estimate of drug-likeness (QED) is 0.495. The minimum absolute atomic E-state index is 0.164. The molecule has 0 spiro atoms. The number of hydrogen-bond acceptors (Lipinski definition) is 6.